The molecule has 0 amide bonds. The fourth-order valence-electron chi connectivity index (χ4n) is 1.56. The van der Waals surface area contributed by atoms with Gasteiger partial charge in [0.1, 0.15) is 12.4 Å². The van der Waals surface area contributed by atoms with E-state index < -0.39 is 0 Å². The lowest BCUT2D eigenvalue weighted by Crippen LogP contribution is -1.92. The van der Waals surface area contributed by atoms with Crippen LogP contribution in [0, 0.1) is 6.61 Å². The maximum Gasteiger partial charge on any atom is 0.119 e. The molecule has 69 valence electrons. The van der Waals surface area contributed by atoms with E-state index in [1.807, 2.05) is 18.2 Å². The highest BCUT2D eigenvalue weighted by Gasteiger charge is 2.25. The van der Waals surface area contributed by atoms with E-state index in [0.29, 0.717) is 5.92 Å². The summed E-state index contributed by atoms with van der Waals surface area (Å²) in [5.74, 6) is 1.45. The Kier molecular flexibility index (Phi) is 2.23. The van der Waals surface area contributed by atoms with Crippen LogP contribution in [0.4, 0.5) is 0 Å². The first-order valence-corrected chi connectivity index (χ1v) is 4.50. The van der Waals surface area contributed by atoms with E-state index in [4.69, 9.17) is 9.84 Å². The maximum absolute atomic E-state index is 9.03. The van der Waals surface area contributed by atoms with Gasteiger partial charge in [-0.05, 0) is 42.0 Å². The van der Waals surface area contributed by atoms with Gasteiger partial charge in [0.05, 0.1) is 7.11 Å². The average molecular weight is 177 g/mol. The first kappa shape index (κ1) is 8.57. The number of benzene rings is 1. The smallest absolute Gasteiger partial charge is 0.119 e. The Labute approximate surface area is 78.2 Å². The Bertz CT molecular complexity index is 303. The van der Waals surface area contributed by atoms with E-state index in [1.165, 1.54) is 18.4 Å². The zero-order valence-corrected chi connectivity index (χ0v) is 7.66. The third-order valence-corrected chi connectivity index (χ3v) is 2.45. The molecule has 1 aromatic rings. The summed E-state index contributed by atoms with van der Waals surface area (Å²) < 4.78 is 5.08. The summed E-state index contributed by atoms with van der Waals surface area (Å²) >= 11 is 0. The molecule has 1 aromatic carbocycles. The summed E-state index contributed by atoms with van der Waals surface area (Å²) in [6, 6.07) is 5.85. The summed E-state index contributed by atoms with van der Waals surface area (Å²) in [6.45, 7) is 1.16. The van der Waals surface area contributed by atoms with Crippen LogP contribution in [0.25, 0.3) is 0 Å². The predicted octanol–water partition coefficient (Wildman–Crippen LogP) is 2.45. The molecule has 1 fully saturated rings. The molecule has 2 heteroatoms. The van der Waals surface area contributed by atoms with Gasteiger partial charge in [-0.3, -0.25) is 0 Å². The van der Waals surface area contributed by atoms with Gasteiger partial charge >= 0.3 is 0 Å². The van der Waals surface area contributed by atoms with Gasteiger partial charge in [0.25, 0.3) is 0 Å². The second-order valence-corrected chi connectivity index (χ2v) is 3.40. The van der Waals surface area contributed by atoms with Gasteiger partial charge in [0, 0.05) is 0 Å². The standard InChI is InChI=1S/C11H13O2/c1-13-10-4-5-11(8-2-3-8)9(6-10)7-12/h4-8,12H,2-3H2,1H3. The van der Waals surface area contributed by atoms with E-state index in [1.54, 1.807) is 7.11 Å². The third-order valence-electron chi connectivity index (χ3n) is 2.45. The molecule has 0 atom stereocenters. The topological polar surface area (TPSA) is 29.5 Å². The number of hydrogen-bond donors (Lipinski definition) is 1. The lowest BCUT2D eigenvalue weighted by Gasteiger charge is -2.07. The Hall–Kier alpha value is -1.02. The van der Waals surface area contributed by atoms with Crippen molar-refractivity contribution in [3.63, 3.8) is 0 Å². The zero-order valence-electron chi connectivity index (χ0n) is 7.66. The normalized spacial score (nSPS) is 15.8. The molecule has 13 heavy (non-hydrogen) atoms. The number of hydrogen-bond acceptors (Lipinski definition) is 2. The molecule has 0 spiro atoms. The molecular formula is C11H13O2. The van der Waals surface area contributed by atoms with E-state index in [2.05, 4.69) is 0 Å². The minimum absolute atomic E-state index is 0.657. The van der Waals surface area contributed by atoms with Crippen molar-refractivity contribution in [2.75, 3.05) is 7.11 Å². The van der Waals surface area contributed by atoms with Crippen molar-refractivity contribution in [1.82, 2.24) is 0 Å². The molecule has 2 nitrogen and oxygen atoms in total. The fourth-order valence-corrected chi connectivity index (χ4v) is 1.56. The highest BCUT2D eigenvalue weighted by atomic mass is 16.5. The monoisotopic (exact) mass is 177 g/mol. The van der Waals surface area contributed by atoms with Crippen LogP contribution in [-0.4, -0.2) is 12.2 Å². The average Bonchev–Trinajstić information content (AvgIpc) is 3.00. The van der Waals surface area contributed by atoms with Crippen LogP contribution in [-0.2, 0) is 0 Å². The molecule has 0 aromatic heterocycles. The molecule has 0 aliphatic heterocycles. The second-order valence-electron chi connectivity index (χ2n) is 3.40. The van der Waals surface area contributed by atoms with Crippen LogP contribution < -0.4 is 4.74 Å². The van der Waals surface area contributed by atoms with E-state index in [-0.39, 0.29) is 0 Å². The van der Waals surface area contributed by atoms with E-state index in [9.17, 15) is 0 Å². The van der Waals surface area contributed by atoms with Crippen molar-refractivity contribution in [3.05, 3.63) is 35.9 Å². The largest absolute Gasteiger partial charge is 0.497 e. The zero-order chi connectivity index (χ0) is 9.26. The highest BCUT2D eigenvalue weighted by Crippen LogP contribution is 2.42. The van der Waals surface area contributed by atoms with Crippen LogP contribution in [0.3, 0.4) is 0 Å². The second kappa shape index (κ2) is 3.38. The number of aliphatic hydroxyl groups excluding tert-OH is 1. The Morgan fingerprint density at radius 3 is 2.77 bits per heavy atom. The third kappa shape index (κ3) is 1.68. The van der Waals surface area contributed by atoms with Crippen molar-refractivity contribution in [2.24, 2.45) is 0 Å². The summed E-state index contributed by atoms with van der Waals surface area (Å²) in [7, 11) is 1.63. The van der Waals surface area contributed by atoms with Gasteiger partial charge in [-0.25, -0.2) is 0 Å². The molecule has 0 heterocycles. The number of methoxy groups -OCH3 is 1. The van der Waals surface area contributed by atoms with Crippen molar-refractivity contribution in [2.45, 2.75) is 18.8 Å². The molecule has 0 unspecified atom stereocenters. The first-order chi connectivity index (χ1) is 6.35. The lowest BCUT2D eigenvalue weighted by molar-refractivity contribution is 0.403. The molecular weight excluding hydrogens is 164 g/mol. The van der Waals surface area contributed by atoms with E-state index in [0.717, 1.165) is 17.9 Å². The number of aliphatic hydroxyl groups is 1. The number of ether oxygens (including phenoxy) is 1. The SMILES string of the molecule is COc1ccc(C2CC2)c([CH]O)c1. The summed E-state index contributed by atoms with van der Waals surface area (Å²) in [6.07, 6.45) is 2.49. The Morgan fingerprint density at radius 2 is 2.23 bits per heavy atom. The maximum atomic E-state index is 9.03. The van der Waals surface area contributed by atoms with Gasteiger partial charge in [0.2, 0.25) is 0 Å². The van der Waals surface area contributed by atoms with E-state index >= 15 is 0 Å². The van der Waals surface area contributed by atoms with Crippen LogP contribution in [0.5, 0.6) is 5.75 Å². The van der Waals surface area contributed by atoms with Crippen LogP contribution in [0.2, 0.25) is 0 Å². The quantitative estimate of drug-likeness (QED) is 0.768. The van der Waals surface area contributed by atoms with Crippen LogP contribution in [0.15, 0.2) is 18.2 Å². The Morgan fingerprint density at radius 1 is 1.46 bits per heavy atom. The van der Waals surface area contributed by atoms with Gasteiger partial charge in [-0.2, -0.15) is 0 Å². The van der Waals surface area contributed by atoms with Crippen LogP contribution >= 0.6 is 0 Å². The van der Waals surface area contributed by atoms with Crippen molar-refractivity contribution in [3.8, 4) is 5.75 Å². The first-order valence-electron chi connectivity index (χ1n) is 4.50. The molecule has 1 N–H and O–H groups in total. The molecule has 1 aliphatic carbocycles. The minimum Gasteiger partial charge on any atom is -0.497 e. The van der Waals surface area contributed by atoms with Crippen LogP contribution in [0.1, 0.15) is 29.9 Å². The lowest BCUT2D eigenvalue weighted by atomic mass is 10.0. The molecule has 1 aliphatic rings. The molecule has 1 radical (unpaired) electrons. The molecule has 0 saturated heterocycles. The molecule has 2 rings (SSSR count). The minimum atomic E-state index is 0.657. The van der Waals surface area contributed by atoms with Gasteiger partial charge in [-0.1, -0.05) is 6.07 Å². The fraction of sp³-hybridized carbons (Fsp3) is 0.364. The van der Waals surface area contributed by atoms with Gasteiger partial charge in [0.15, 0.2) is 0 Å². The highest BCUT2D eigenvalue weighted by molar-refractivity contribution is 5.42. The molecule has 1 saturated carbocycles. The summed E-state index contributed by atoms with van der Waals surface area (Å²) in [4.78, 5) is 0. The van der Waals surface area contributed by atoms with Gasteiger partial charge in [-0.15, -0.1) is 0 Å². The van der Waals surface area contributed by atoms with Gasteiger partial charge < -0.3 is 9.84 Å². The summed E-state index contributed by atoms with van der Waals surface area (Å²) in [5.41, 5.74) is 2.13. The van der Waals surface area contributed by atoms with Crippen molar-refractivity contribution >= 4 is 0 Å². The number of rotatable bonds is 3. The predicted molar refractivity (Wildman–Crippen MR) is 50.3 cm³/mol. The summed E-state index contributed by atoms with van der Waals surface area (Å²) in [5, 5.41) is 9.03. The molecule has 0 bridgehead atoms. The van der Waals surface area contributed by atoms with Crippen molar-refractivity contribution < 1.29 is 9.84 Å². The van der Waals surface area contributed by atoms with Crippen molar-refractivity contribution in [1.29, 1.82) is 0 Å². The Balaban J connectivity index is 2.33.